The number of imidazole rings is 1. The summed E-state index contributed by atoms with van der Waals surface area (Å²) in [6.07, 6.45) is -0.572. The maximum Gasteiger partial charge on any atom is 0.362 e. The minimum Gasteiger partial charge on any atom is -0.507 e. The number of ether oxygens (including phenoxy) is 1. The van der Waals surface area contributed by atoms with Crippen LogP contribution in [0.15, 0.2) is 36.9 Å². The number of phenolic OH excluding ortho intramolecular Hbond substituents is 1. The zero-order valence-electron chi connectivity index (χ0n) is 23.6. The van der Waals surface area contributed by atoms with E-state index in [1.54, 1.807) is 4.72 Å². The van der Waals surface area contributed by atoms with E-state index in [1.165, 1.54) is 61.1 Å². The molecule has 2 aliphatic rings. The lowest BCUT2D eigenvalue weighted by Gasteiger charge is -2.16. The first kappa shape index (κ1) is 31.5. The van der Waals surface area contributed by atoms with E-state index in [-0.39, 0.29) is 5.56 Å². The van der Waals surface area contributed by atoms with Crippen LogP contribution in [-0.4, -0.2) is 105 Å². The second-order valence-electron chi connectivity index (χ2n) is 9.82. The predicted molar refractivity (Wildman–Crippen MR) is 152 cm³/mol. The summed E-state index contributed by atoms with van der Waals surface area (Å²) in [6.45, 7) is 9.42. The van der Waals surface area contributed by atoms with Crippen molar-refractivity contribution in [2.75, 3.05) is 31.6 Å². The summed E-state index contributed by atoms with van der Waals surface area (Å²) >= 11 is 0. The number of anilines is 1. The first-order valence-corrected chi connectivity index (χ1v) is 15.2. The molecule has 0 radical (unpaired) electrons. The Kier molecular flexibility index (Phi) is 10.3. The van der Waals surface area contributed by atoms with E-state index >= 15 is 0 Å². The Labute approximate surface area is 243 Å². The smallest absolute Gasteiger partial charge is 0.362 e. The van der Waals surface area contributed by atoms with E-state index < -0.39 is 53.1 Å². The number of rotatable bonds is 11. The number of carbonyl (C=O) groups is 1. The van der Waals surface area contributed by atoms with Gasteiger partial charge in [-0.1, -0.05) is 32.9 Å². The van der Waals surface area contributed by atoms with Gasteiger partial charge in [0.15, 0.2) is 23.2 Å². The van der Waals surface area contributed by atoms with Crippen molar-refractivity contribution in [2.24, 2.45) is 0 Å². The minimum atomic E-state index is -4.62. The van der Waals surface area contributed by atoms with Crippen LogP contribution in [0.3, 0.4) is 0 Å². The fraction of sp³-hybridized carbons (Fsp3) is 0.538. The summed E-state index contributed by atoms with van der Waals surface area (Å²) in [6, 6.07) is 5.69. The van der Waals surface area contributed by atoms with Crippen LogP contribution in [0.2, 0.25) is 0 Å². The molecule has 2 fully saturated rings. The predicted octanol–water partition coefficient (Wildman–Crippen LogP) is 0.765. The number of fused-ring (bicyclic) bond motifs is 1. The molecule has 1 amide bonds. The second kappa shape index (κ2) is 13.7. The molecule has 1 aliphatic heterocycles. The number of aromatic hydroxyl groups is 1. The fourth-order valence-electron chi connectivity index (χ4n) is 4.35. The molecular formula is C26H37N7O8S. The van der Waals surface area contributed by atoms with Crippen molar-refractivity contribution in [3.63, 3.8) is 0 Å². The lowest BCUT2D eigenvalue weighted by molar-refractivity contribution is -0.0468. The van der Waals surface area contributed by atoms with E-state index in [1.807, 2.05) is 0 Å². The van der Waals surface area contributed by atoms with Crippen molar-refractivity contribution in [3.05, 3.63) is 42.5 Å². The van der Waals surface area contributed by atoms with Crippen molar-refractivity contribution in [1.82, 2.24) is 29.1 Å². The largest absolute Gasteiger partial charge is 0.507 e. The average molecular weight is 608 g/mol. The summed E-state index contributed by atoms with van der Waals surface area (Å²) in [7, 11) is -4.62. The Morgan fingerprint density at radius 2 is 1.79 bits per heavy atom. The summed E-state index contributed by atoms with van der Waals surface area (Å²) in [4.78, 5) is 27.2. The van der Waals surface area contributed by atoms with Gasteiger partial charge in [0.25, 0.3) is 5.91 Å². The van der Waals surface area contributed by atoms with Gasteiger partial charge in [-0.15, -0.1) is 0 Å². The second-order valence-corrected chi connectivity index (χ2v) is 11.2. The molecule has 5 rings (SSSR count). The number of nitrogens with zero attached hydrogens (tertiary/aromatic N) is 5. The van der Waals surface area contributed by atoms with Gasteiger partial charge in [-0.05, 0) is 44.6 Å². The molecule has 1 aromatic carbocycles. The molecule has 5 N–H and O–H groups in total. The lowest BCUT2D eigenvalue weighted by atomic mass is 10.1. The van der Waals surface area contributed by atoms with Crippen LogP contribution in [0.4, 0.5) is 5.82 Å². The third kappa shape index (κ3) is 7.50. The molecule has 0 spiro atoms. The highest BCUT2D eigenvalue weighted by Gasteiger charge is 2.45. The Hall–Kier alpha value is -3.41. The van der Waals surface area contributed by atoms with Gasteiger partial charge in [0, 0.05) is 6.04 Å². The van der Waals surface area contributed by atoms with Crippen molar-refractivity contribution < 1.29 is 37.5 Å². The summed E-state index contributed by atoms with van der Waals surface area (Å²) in [5.74, 6) is -0.975. The number of aliphatic hydroxyl groups is 2. The Morgan fingerprint density at radius 1 is 1.10 bits per heavy atom. The number of hydrogen-bond acceptors (Lipinski definition) is 13. The molecule has 1 saturated carbocycles. The highest BCUT2D eigenvalue weighted by atomic mass is 32.2. The lowest BCUT2D eigenvalue weighted by Crippen LogP contribution is -2.37. The van der Waals surface area contributed by atoms with Crippen LogP contribution >= 0.6 is 0 Å². The van der Waals surface area contributed by atoms with Gasteiger partial charge < -0.3 is 30.3 Å². The topological polar surface area (TPSA) is 201 Å². The van der Waals surface area contributed by atoms with Crippen LogP contribution < -0.4 is 10.0 Å². The normalized spacial score (nSPS) is 22.1. The maximum atomic E-state index is 12.2. The Balaban J connectivity index is 0.000000517. The van der Waals surface area contributed by atoms with Gasteiger partial charge in [0.1, 0.15) is 30.4 Å². The molecule has 4 atom stereocenters. The van der Waals surface area contributed by atoms with E-state index in [2.05, 4.69) is 45.9 Å². The van der Waals surface area contributed by atoms with Crippen molar-refractivity contribution in [1.29, 1.82) is 0 Å². The number of amides is 1. The summed E-state index contributed by atoms with van der Waals surface area (Å²) < 4.78 is 38.0. The van der Waals surface area contributed by atoms with Crippen molar-refractivity contribution in [3.8, 4) is 5.75 Å². The van der Waals surface area contributed by atoms with Crippen LogP contribution in [0, 0.1) is 0 Å². The first-order chi connectivity index (χ1) is 20.1. The van der Waals surface area contributed by atoms with Crippen molar-refractivity contribution in [2.45, 2.75) is 64.2 Å². The Morgan fingerprint density at radius 3 is 2.40 bits per heavy atom. The number of aliphatic hydroxyl groups excluding tert-OH is 2. The molecule has 42 heavy (non-hydrogen) atoms. The van der Waals surface area contributed by atoms with Crippen LogP contribution in [0.1, 0.15) is 50.2 Å². The standard InChI is InChI=1S/C20H22N6O8S.C6H15N/c27-12-4-2-1-3-11(12)19(30)25-35(31,32)33-7-13-15(28)16(29)20(34-13)26-9-23-14-17(24-10-5-6-10)21-8-22-18(14)26;1-4-7(5-2)6-3/h1-4,8-10,13,15-16,20,27-29H,5-7H2,(H,25,30)(H,21,22,24);4-6H2,1-3H3/t13-,15?,16?,20-;/m1./s1. The number of para-hydroxylation sites is 1. The Bertz CT molecular complexity index is 1460. The van der Waals surface area contributed by atoms with E-state index in [0.29, 0.717) is 23.0 Å². The fourth-order valence-corrected chi connectivity index (χ4v) is 5.06. The molecule has 230 valence electrons. The van der Waals surface area contributed by atoms with Gasteiger partial charge in [0.2, 0.25) is 0 Å². The monoisotopic (exact) mass is 607 g/mol. The molecule has 2 aromatic heterocycles. The molecule has 1 aliphatic carbocycles. The van der Waals surface area contributed by atoms with Gasteiger partial charge in [-0.2, -0.15) is 8.42 Å². The van der Waals surface area contributed by atoms with Crippen LogP contribution in [0.25, 0.3) is 11.2 Å². The van der Waals surface area contributed by atoms with Gasteiger partial charge in [0.05, 0.1) is 18.5 Å². The molecular weight excluding hydrogens is 570 g/mol. The van der Waals surface area contributed by atoms with E-state index in [9.17, 15) is 28.5 Å². The molecule has 16 heteroatoms. The molecule has 15 nitrogen and oxygen atoms in total. The number of benzene rings is 1. The van der Waals surface area contributed by atoms with E-state index in [4.69, 9.17) is 8.92 Å². The molecule has 2 unspecified atom stereocenters. The first-order valence-electron chi connectivity index (χ1n) is 13.8. The molecule has 3 aromatic rings. The highest BCUT2D eigenvalue weighted by Crippen LogP contribution is 2.33. The van der Waals surface area contributed by atoms with Crippen LogP contribution in [-0.2, 0) is 19.2 Å². The molecule has 0 bridgehead atoms. The molecule has 3 heterocycles. The minimum absolute atomic E-state index is 0.267. The molecule has 1 saturated heterocycles. The third-order valence-corrected chi connectivity index (χ3v) is 7.87. The maximum absolute atomic E-state index is 12.2. The quantitative estimate of drug-likeness (QED) is 0.205. The number of carbonyl (C=O) groups excluding carboxylic acids is 1. The van der Waals surface area contributed by atoms with Gasteiger partial charge in [-0.3, -0.25) is 13.5 Å². The summed E-state index contributed by atoms with van der Waals surface area (Å²) in [5, 5.41) is 33.9. The SMILES string of the molecule is CCN(CC)CC.O=C(NS(=O)(=O)OC[C@H]1O[C@@H](n2cnc3c(NC4CC4)ncnc32)C(O)C1O)c1ccccc1O. The van der Waals surface area contributed by atoms with Crippen LogP contribution in [0.5, 0.6) is 5.75 Å². The van der Waals surface area contributed by atoms with Gasteiger partial charge >= 0.3 is 10.3 Å². The van der Waals surface area contributed by atoms with Crippen molar-refractivity contribution >= 4 is 33.2 Å². The average Bonchev–Trinajstić information content (AvgIpc) is 3.61. The summed E-state index contributed by atoms with van der Waals surface area (Å²) in [5.41, 5.74) is 0.541. The number of phenols is 1. The number of aromatic nitrogens is 4. The highest BCUT2D eigenvalue weighted by molar-refractivity contribution is 7.85. The number of nitrogens with one attached hydrogen (secondary N) is 2. The zero-order chi connectivity index (χ0) is 30.4. The van der Waals surface area contributed by atoms with E-state index in [0.717, 1.165) is 12.8 Å². The van der Waals surface area contributed by atoms with Gasteiger partial charge in [-0.25, -0.2) is 19.7 Å². The zero-order valence-corrected chi connectivity index (χ0v) is 24.4. The third-order valence-electron chi connectivity index (χ3n) is 6.98. The number of hydrogen-bond donors (Lipinski definition) is 5.